The van der Waals surface area contributed by atoms with Gasteiger partial charge in [0, 0.05) is 11.3 Å². The number of nitrogens with two attached hydrogens (primary N) is 1. The van der Waals surface area contributed by atoms with Crippen LogP contribution in [0.1, 0.15) is 49.8 Å². The maximum atomic E-state index is 12.6. The van der Waals surface area contributed by atoms with Crippen LogP contribution in [0.4, 0.5) is 5.69 Å². The Bertz CT molecular complexity index is 1240. The molecule has 4 aliphatic carbocycles. The minimum absolute atomic E-state index is 0.0205. The predicted molar refractivity (Wildman–Crippen MR) is 131 cm³/mol. The standard InChI is InChI=1S/C24H30N4O4S2/c1-14-20(12-24-9-15-6-16(10-24)8-17(7-15)11-24)27-23(28-22(14)30)33-13-21(29)26-18-2-4-19(5-3-18)34(25,31)32/h2-5,15-17H,6-13H2,1H3,(H,26,29)(H2,25,31,32)(H,27,28,30). The first-order valence-electron chi connectivity index (χ1n) is 11.7. The Labute approximate surface area is 203 Å². The molecular formula is C24H30N4O4S2. The van der Waals surface area contributed by atoms with Gasteiger partial charge in [-0.2, -0.15) is 0 Å². The molecule has 6 rings (SSSR count). The van der Waals surface area contributed by atoms with E-state index < -0.39 is 10.0 Å². The van der Waals surface area contributed by atoms with E-state index in [1.54, 1.807) is 0 Å². The lowest BCUT2D eigenvalue weighted by Gasteiger charge is -2.57. The Morgan fingerprint density at radius 2 is 1.74 bits per heavy atom. The molecule has 4 aliphatic rings. The van der Waals surface area contributed by atoms with Crippen LogP contribution in [0, 0.1) is 30.1 Å². The number of hydrogen-bond acceptors (Lipinski definition) is 6. The molecule has 0 spiro atoms. The molecule has 1 aromatic carbocycles. The van der Waals surface area contributed by atoms with Crippen molar-refractivity contribution in [3.8, 4) is 0 Å². The number of amides is 1. The molecule has 182 valence electrons. The van der Waals surface area contributed by atoms with Crippen LogP contribution in [0.3, 0.4) is 0 Å². The summed E-state index contributed by atoms with van der Waals surface area (Å²) in [6.07, 6.45) is 8.74. The first-order chi connectivity index (χ1) is 16.1. The smallest absolute Gasteiger partial charge is 0.254 e. The van der Waals surface area contributed by atoms with Crippen molar-refractivity contribution in [1.29, 1.82) is 0 Å². The van der Waals surface area contributed by atoms with Gasteiger partial charge in [0.1, 0.15) is 0 Å². The number of nitrogens with one attached hydrogen (secondary N) is 2. The summed E-state index contributed by atoms with van der Waals surface area (Å²) < 4.78 is 22.7. The summed E-state index contributed by atoms with van der Waals surface area (Å²) in [4.78, 5) is 32.6. The number of primary sulfonamides is 1. The highest BCUT2D eigenvalue weighted by Gasteiger charge is 2.51. The zero-order valence-corrected chi connectivity index (χ0v) is 20.8. The molecule has 4 bridgehead atoms. The van der Waals surface area contributed by atoms with Crippen LogP contribution in [-0.2, 0) is 21.2 Å². The van der Waals surface area contributed by atoms with Crippen molar-refractivity contribution in [2.45, 2.75) is 61.9 Å². The van der Waals surface area contributed by atoms with E-state index in [4.69, 9.17) is 10.1 Å². The molecule has 10 heteroatoms. The van der Waals surface area contributed by atoms with Crippen LogP contribution < -0.4 is 16.0 Å². The minimum atomic E-state index is -3.78. The van der Waals surface area contributed by atoms with Crippen LogP contribution in [0.2, 0.25) is 0 Å². The topological polar surface area (TPSA) is 135 Å². The van der Waals surface area contributed by atoms with E-state index >= 15 is 0 Å². The van der Waals surface area contributed by atoms with Gasteiger partial charge in [0.15, 0.2) is 5.16 Å². The van der Waals surface area contributed by atoms with E-state index in [0.29, 0.717) is 16.4 Å². The number of aromatic nitrogens is 2. The number of carbonyl (C=O) groups excluding carboxylic acids is 1. The molecule has 0 saturated heterocycles. The van der Waals surface area contributed by atoms with Gasteiger partial charge >= 0.3 is 0 Å². The number of hydrogen-bond donors (Lipinski definition) is 3. The molecular weight excluding hydrogens is 472 g/mol. The molecule has 0 unspecified atom stereocenters. The summed E-state index contributed by atoms with van der Waals surface area (Å²) in [5.41, 5.74) is 2.15. The third kappa shape index (κ3) is 4.94. The molecule has 1 aromatic heterocycles. The van der Waals surface area contributed by atoms with Crippen molar-refractivity contribution >= 4 is 33.4 Å². The zero-order valence-electron chi connectivity index (χ0n) is 19.2. The number of carbonyl (C=O) groups is 1. The molecule has 1 amide bonds. The quantitative estimate of drug-likeness (QED) is 0.393. The van der Waals surface area contributed by atoms with Gasteiger partial charge in [0.25, 0.3) is 5.56 Å². The molecule has 4 N–H and O–H groups in total. The first-order valence-corrected chi connectivity index (χ1v) is 14.3. The van der Waals surface area contributed by atoms with E-state index in [0.717, 1.165) is 29.9 Å². The second kappa shape index (κ2) is 8.80. The van der Waals surface area contributed by atoms with E-state index in [1.807, 2.05) is 6.92 Å². The average molecular weight is 503 g/mol. The van der Waals surface area contributed by atoms with Gasteiger partial charge < -0.3 is 10.3 Å². The van der Waals surface area contributed by atoms with Crippen molar-refractivity contribution in [3.05, 3.63) is 45.9 Å². The Morgan fingerprint density at radius 1 is 1.15 bits per heavy atom. The number of aromatic amines is 1. The number of thioether (sulfide) groups is 1. The van der Waals surface area contributed by atoms with Gasteiger partial charge in [-0.1, -0.05) is 11.8 Å². The fourth-order valence-corrected chi connectivity index (χ4v) is 7.91. The lowest BCUT2D eigenvalue weighted by atomic mass is 9.48. The Morgan fingerprint density at radius 3 is 2.29 bits per heavy atom. The third-order valence-corrected chi connectivity index (χ3v) is 9.55. The molecule has 2 aromatic rings. The van der Waals surface area contributed by atoms with Crippen LogP contribution in [0.15, 0.2) is 39.1 Å². The number of anilines is 1. The SMILES string of the molecule is Cc1c(CC23CC4CC(CC(C4)C2)C3)nc(SCC(=O)Nc2ccc(S(N)(=O)=O)cc2)[nH]c1=O. The fourth-order valence-electron chi connectivity index (χ4n) is 6.72. The van der Waals surface area contributed by atoms with Gasteiger partial charge in [-0.25, -0.2) is 18.5 Å². The van der Waals surface area contributed by atoms with E-state index in [2.05, 4.69) is 10.3 Å². The average Bonchev–Trinajstić information content (AvgIpc) is 2.74. The van der Waals surface area contributed by atoms with E-state index in [1.165, 1.54) is 74.6 Å². The highest BCUT2D eigenvalue weighted by molar-refractivity contribution is 7.99. The van der Waals surface area contributed by atoms with Gasteiger partial charge in [-0.3, -0.25) is 9.59 Å². The monoisotopic (exact) mass is 502 g/mol. The number of H-pyrrole nitrogens is 1. The van der Waals surface area contributed by atoms with Gasteiger partial charge in [-0.05, 0) is 99.3 Å². The Hall–Kier alpha value is -2.17. The zero-order chi connectivity index (χ0) is 24.1. The largest absolute Gasteiger partial charge is 0.325 e. The highest BCUT2D eigenvalue weighted by atomic mass is 32.2. The van der Waals surface area contributed by atoms with Crippen molar-refractivity contribution in [2.75, 3.05) is 11.1 Å². The number of nitrogens with zero attached hydrogens (tertiary/aromatic N) is 1. The van der Waals surface area contributed by atoms with Crippen LogP contribution in [-0.4, -0.2) is 30.0 Å². The van der Waals surface area contributed by atoms with Gasteiger partial charge in [-0.15, -0.1) is 0 Å². The summed E-state index contributed by atoms with van der Waals surface area (Å²) in [6, 6.07) is 5.65. The first kappa shape index (κ1) is 23.6. The number of rotatable bonds is 7. The Balaban J connectivity index is 1.24. The molecule has 0 radical (unpaired) electrons. The lowest BCUT2D eigenvalue weighted by molar-refractivity contribution is -0.113. The number of benzene rings is 1. The molecule has 4 fully saturated rings. The predicted octanol–water partition coefficient (Wildman–Crippen LogP) is 3.22. The number of sulfonamides is 1. The molecule has 8 nitrogen and oxygen atoms in total. The summed E-state index contributed by atoms with van der Waals surface area (Å²) in [6.45, 7) is 1.84. The summed E-state index contributed by atoms with van der Waals surface area (Å²) in [5.74, 6) is 2.30. The van der Waals surface area contributed by atoms with Crippen LogP contribution in [0.25, 0.3) is 0 Å². The normalized spacial score (nSPS) is 27.6. The maximum absolute atomic E-state index is 12.6. The fraction of sp³-hybridized carbons (Fsp3) is 0.542. The van der Waals surface area contributed by atoms with Crippen molar-refractivity contribution < 1.29 is 13.2 Å². The minimum Gasteiger partial charge on any atom is -0.325 e. The van der Waals surface area contributed by atoms with Gasteiger partial charge in [0.2, 0.25) is 15.9 Å². The molecule has 34 heavy (non-hydrogen) atoms. The lowest BCUT2D eigenvalue weighted by Crippen LogP contribution is -2.47. The van der Waals surface area contributed by atoms with Gasteiger partial charge in [0.05, 0.1) is 16.3 Å². The van der Waals surface area contributed by atoms with Crippen LogP contribution in [0.5, 0.6) is 0 Å². The molecule has 1 heterocycles. The van der Waals surface area contributed by atoms with Crippen molar-refractivity contribution in [3.63, 3.8) is 0 Å². The van der Waals surface area contributed by atoms with E-state index in [-0.39, 0.29) is 27.5 Å². The molecule has 0 aliphatic heterocycles. The summed E-state index contributed by atoms with van der Waals surface area (Å²) in [7, 11) is -3.78. The van der Waals surface area contributed by atoms with Crippen molar-refractivity contribution in [2.24, 2.45) is 28.3 Å². The highest BCUT2D eigenvalue weighted by Crippen LogP contribution is 2.61. The Kier molecular flexibility index (Phi) is 6.10. The summed E-state index contributed by atoms with van der Waals surface area (Å²) in [5, 5.41) is 8.27. The second-order valence-corrected chi connectivity index (χ2v) is 13.0. The van der Waals surface area contributed by atoms with Crippen molar-refractivity contribution in [1.82, 2.24) is 9.97 Å². The summed E-state index contributed by atoms with van der Waals surface area (Å²) >= 11 is 1.19. The molecule has 4 saturated carbocycles. The third-order valence-electron chi connectivity index (χ3n) is 7.74. The van der Waals surface area contributed by atoms with Crippen LogP contribution >= 0.6 is 11.8 Å². The maximum Gasteiger partial charge on any atom is 0.254 e. The molecule has 0 atom stereocenters. The second-order valence-electron chi connectivity index (χ2n) is 10.4. The van der Waals surface area contributed by atoms with E-state index in [9.17, 15) is 18.0 Å².